The van der Waals surface area contributed by atoms with E-state index < -0.39 is 36.1 Å². The van der Waals surface area contributed by atoms with Crippen LogP contribution in [0, 0.1) is 17.7 Å². The lowest BCUT2D eigenvalue weighted by atomic mass is 9.83. The van der Waals surface area contributed by atoms with Gasteiger partial charge in [0.1, 0.15) is 5.82 Å². The molecule has 0 saturated carbocycles. The first-order valence-corrected chi connectivity index (χ1v) is 12.0. The van der Waals surface area contributed by atoms with Gasteiger partial charge in [0.05, 0.1) is 23.4 Å². The van der Waals surface area contributed by atoms with Gasteiger partial charge in [-0.25, -0.2) is 9.07 Å². The molecule has 4 aromatic rings. The molecule has 1 aliphatic heterocycles. The summed E-state index contributed by atoms with van der Waals surface area (Å²) in [4.78, 5) is 26.4. The molecule has 190 valence electrons. The number of benzene rings is 3. The Morgan fingerprint density at radius 2 is 1.76 bits per heavy atom. The number of alkyl halides is 2. The van der Waals surface area contributed by atoms with Gasteiger partial charge >= 0.3 is 5.92 Å². The van der Waals surface area contributed by atoms with E-state index in [0.717, 1.165) is 0 Å². The highest BCUT2D eigenvalue weighted by molar-refractivity contribution is 6.31. The maximum atomic E-state index is 14.5. The van der Waals surface area contributed by atoms with Crippen LogP contribution < -0.4 is 10.6 Å². The summed E-state index contributed by atoms with van der Waals surface area (Å²) >= 11 is 6.47. The molecule has 5 rings (SSSR count). The number of rotatable bonds is 6. The maximum absolute atomic E-state index is 14.5. The number of anilines is 1. The second-order valence-corrected chi connectivity index (χ2v) is 9.58. The summed E-state index contributed by atoms with van der Waals surface area (Å²) < 4.78 is 44.1. The van der Waals surface area contributed by atoms with Crippen molar-refractivity contribution in [2.45, 2.75) is 25.3 Å². The predicted octanol–water partition coefficient (Wildman–Crippen LogP) is 5.67. The van der Waals surface area contributed by atoms with Crippen molar-refractivity contribution in [2.24, 2.45) is 17.6 Å². The molecule has 0 aliphatic carbocycles. The van der Waals surface area contributed by atoms with Crippen LogP contribution in [0.4, 0.5) is 18.9 Å². The first kappa shape index (κ1) is 24.8. The van der Waals surface area contributed by atoms with E-state index in [1.54, 1.807) is 72.4 Å². The molecule has 0 radical (unpaired) electrons. The molecule has 2 amide bonds. The summed E-state index contributed by atoms with van der Waals surface area (Å²) in [7, 11) is 0. The van der Waals surface area contributed by atoms with E-state index in [2.05, 4.69) is 5.10 Å². The minimum Gasteiger partial charge on any atom is -0.364 e. The first-order valence-electron chi connectivity index (χ1n) is 11.6. The Morgan fingerprint density at radius 1 is 1.08 bits per heavy atom. The molecule has 3 atom stereocenters. The van der Waals surface area contributed by atoms with Crippen molar-refractivity contribution in [3.05, 3.63) is 89.3 Å². The van der Waals surface area contributed by atoms with E-state index in [4.69, 9.17) is 17.3 Å². The third kappa shape index (κ3) is 4.33. The topological polar surface area (TPSA) is 81.2 Å². The molecule has 1 aliphatic rings. The number of primary amides is 1. The van der Waals surface area contributed by atoms with Gasteiger partial charge in [0.15, 0.2) is 0 Å². The fourth-order valence-corrected chi connectivity index (χ4v) is 5.27. The lowest BCUT2D eigenvalue weighted by molar-refractivity contribution is -0.145. The van der Waals surface area contributed by atoms with Crippen molar-refractivity contribution >= 4 is 40.0 Å². The number of fused-ring (bicyclic) bond motifs is 1. The molecule has 2 heterocycles. The van der Waals surface area contributed by atoms with Crippen molar-refractivity contribution < 1.29 is 22.8 Å². The van der Waals surface area contributed by atoms with Gasteiger partial charge in [-0.15, -0.1) is 0 Å². The van der Waals surface area contributed by atoms with Crippen LogP contribution in [0.15, 0.2) is 72.9 Å². The van der Waals surface area contributed by atoms with Crippen molar-refractivity contribution in [3.63, 3.8) is 0 Å². The van der Waals surface area contributed by atoms with Gasteiger partial charge in [-0.1, -0.05) is 36.7 Å². The van der Waals surface area contributed by atoms with Crippen LogP contribution in [0.5, 0.6) is 0 Å². The van der Waals surface area contributed by atoms with Crippen LogP contribution in [0.3, 0.4) is 0 Å². The van der Waals surface area contributed by atoms with Crippen LogP contribution >= 0.6 is 11.6 Å². The summed E-state index contributed by atoms with van der Waals surface area (Å²) in [6.45, 7) is 1.57. The van der Waals surface area contributed by atoms with E-state index in [1.165, 1.54) is 17.0 Å². The summed E-state index contributed by atoms with van der Waals surface area (Å²) in [6, 6.07) is 16.9. The minimum atomic E-state index is -3.80. The second-order valence-electron chi connectivity index (χ2n) is 9.18. The van der Waals surface area contributed by atoms with Crippen LogP contribution in [0.1, 0.15) is 24.9 Å². The molecule has 10 heteroatoms. The fraction of sp³-hybridized carbons (Fsp3) is 0.222. The molecule has 1 fully saturated rings. The molecular formula is C27H22ClF3N4O2. The third-order valence-corrected chi connectivity index (χ3v) is 7.27. The highest BCUT2D eigenvalue weighted by atomic mass is 35.5. The maximum Gasteiger partial charge on any atom is 0.324 e. The molecule has 1 saturated heterocycles. The average molecular weight is 527 g/mol. The Hall–Kier alpha value is -3.85. The van der Waals surface area contributed by atoms with Crippen molar-refractivity contribution in [2.75, 3.05) is 4.90 Å². The molecule has 3 aromatic carbocycles. The number of hydrogen-bond donors (Lipinski definition) is 1. The SMILES string of the molecule is CC1C(=O)N(c2ccc3c(cnn3-c3ccc(F)cc3)c2)C(c2ccccc2Cl)C1CC(F)(F)C(N)=O. The molecule has 37 heavy (non-hydrogen) atoms. The number of carbonyl (C=O) groups excluding carboxylic acids is 2. The molecule has 1 aromatic heterocycles. The average Bonchev–Trinajstić information content (AvgIpc) is 3.39. The normalized spacial score (nSPS) is 20.1. The number of nitrogens with zero attached hydrogens (tertiary/aromatic N) is 3. The Morgan fingerprint density at radius 3 is 2.43 bits per heavy atom. The molecule has 2 N–H and O–H groups in total. The van der Waals surface area contributed by atoms with Gasteiger partial charge in [-0.3, -0.25) is 9.59 Å². The zero-order valence-electron chi connectivity index (χ0n) is 19.6. The summed E-state index contributed by atoms with van der Waals surface area (Å²) in [5.41, 5.74) is 7.29. The van der Waals surface area contributed by atoms with Gasteiger partial charge in [0.2, 0.25) is 5.91 Å². The zero-order valence-corrected chi connectivity index (χ0v) is 20.4. The van der Waals surface area contributed by atoms with Gasteiger partial charge in [-0.2, -0.15) is 13.9 Å². The molecule has 6 nitrogen and oxygen atoms in total. The number of amides is 2. The zero-order chi connectivity index (χ0) is 26.5. The Labute approximate surface area is 215 Å². The number of halogens is 4. The standard InChI is InChI=1S/C27H22ClF3N4O2/c1-15-21(13-27(30,31)26(32)37)24(20-4-2-3-5-22(20)28)34(25(15)36)19-10-11-23-16(12-19)14-33-35(23)18-8-6-17(29)7-9-18/h2-12,14-15,21,24H,13H2,1H3,(H2,32,37). The van der Waals surface area contributed by atoms with Crippen LogP contribution in [-0.2, 0) is 9.59 Å². The van der Waals surface area contributed by atoms with Gasteiger partial charge < -0.3 is 10.6 Å². The second kappa shape index (κ2) is 9.23. The lowest BCUT2D eigenvalue weighted by Crippen LogP contribution is -2.39. The van der Waals surface area contributed by atoms with Gasteiger partial charge in [0, 0.05) is 34.4 Å². The molecule has 0 spiro atoms. The van der Waals surface area contributed by atoms with E-state index >= 15 is 0 Å². The predicted molar refractivity (Wildman–Crippen MR) is 134 cm³/mol. The van der Waals surface area contributed by atoms with E-state index in [1.807, 2.05) is 0 Å². The Kier molecular flexibility index (Phi) is 6.19. The Balaban J connectivity index is 1.60. The van der Waals surface area contributed by atoms with Crippen molar-refractivity contribution in [1.29, 1.82) is 0 Å². The van der Waals surface area contributed by atoms with Crippen LogP contribution in [0.25, 0.3) is 16.6 Å². The highest BCUT2D eigenvalue weighted by Crippen LogP contribution is 2.50. The van der Waals surface area contributed by atoms with Crippen LogP contribution in [0.2, 0.25) is 5.02 Å². The molecule has 0 bridgehead atoms. The third-order valence-electron chi connectivity index (χ3n) is 6.93. The summed E-state index contributed by atoms with van der Waals surface area (Å²) in [5, 5.41) is 5.39. The first-order chi connectivity index (χ1) is 17.6. The quantitative estimate of drug-likeness (QED) is 0.351. The van der Waals surface area contributed by atoms with Crippen molar-refractivity contribution in [3.8, 4) is 5.69 Å². The number of hydrogen-bond acceptors (Lipinski definition) is 3. The summed E-state index contributed by atoms with van der Waals surface area (Å²) in [6.07, 6.45) is 0.710. The van der Waals surface area contributed by atoms with E-state index in [-0.39, 0.29) is 11.7 Å². The molecular weight excluding hydrogens is 505 g/mol. The number of aromatic nitrogens is 2. The fourth-order valence-electron chi connectivity index (χ4n) is 5.02. The number of carbonyl (C=O) groups is 2. The van der Waals surface area contributed by atoms with Crippen molar-refractivity contribution in [1.82, 2.24) is 9.78 Å². The number of nitrogens with two attached hydrogens (primary N) is 1. The summed E-state index contributed by atoms with van der Waals surface area (Å²) in [5.74, 6) is -8.05. The lowest BCUT2D eigenvalue weighted by Gasteiger charge is -2.31. The molecule has 3 unspecified atom stereocenters. The Bertz CT molecular complexity index is 1510. The largest absolute Gasteiger partial charge is 0.364 e. The monoisotopic (exact) mass is 526 g/mol. The van der Waals surface area contributed by atoms with E-state index in [9.17, 15) is 22.8 Å². The smallest absolute Gasteiger partial charge is 0.324 e. The minimum absolute atomic E-state index is 0.317. The van der Waals surface area contributed by atoms with Gasteiger partial charge in [0.25, 0.3) is 5.91 Å². The van der Waals surface area contributed by atoms with Gasteiger partial charge in [-0.05, 0) is 54.1 Å². The van der Waals surface area contributed by atoms with E-state index in [0.29, 0.717) is 32.9 Å². The highest BCUT2D eigenvalue weighted by Gasteiger charge is 2.52. The van der Waals surface area contributed by atoms with Crippen LogP contribution in [-0.4, -0.2) is 27.5 Å².